The lowest BCUT2D eigenvalue weighted by atomic mass is 10.1. The maximum absolute atomic E-state index is 3.44. The van der Waals surface area contributed by atoms with Crippen LogP contribution >= 0.6 is 0 Å². The fourth-order valence-corrected chi connectivity index (χ4v) is 2.94. The Kier molecular flexibility index (Phi) is 8.64. The van der Waals surface area contributed by atoms with Gasteiger partial charge in [0.05, 0.1) is 0 Å². The smallest absolute Gasteiger partial charge is 0.0116 e. The Morgan fingerprint density at radius 1 is 0.944 bits per heavy atom. The maximum atomic E-state index is 3.44. The van der Waals surface area contributed by atoms with Gasteiger partial charge in [-0.05, 0) is 78.4 Å². The predicted molar refractivity (Wildman–Crippen MR) is 80.2 cm³/mol. The Hall–Kier alpha value is -0.120. The van der Waals surface area contributed by atoms with E-state index in [2.05, 4.69) is 36.0 Å². The van der Waals surface area contributed by atoms with Crippen molar-refractivity contribution in [2.24, 2.45) is 0 Å². The molecule has 1 fully saturated rings. The third kappa shape index (κ3) is 6.17. The molecule has 0 aliphatic carbocycles. The van der Waals surface area contributed by atoms with Crippen LogP contribution in [0, 0.1) is 0 Å². The van der Waals surface area contributed by atoms with Crippen LogP contribution in [0.1, 0.15) is 46.0 Å². The number of nitrogens with zero attached hydrogens (tertiary/aromatic N) is 2. The highest BCUT2D eigenvalue weighted by Crippen LogP contribution is 2.10. The van der Waals surface area contributed by atoms with Crippen LogP contribution in [0.4, 0.5) is 0 Å². The van der Waals surface area contributed by atoms with E-state index in [0.717, 1.165) is 6.04 Å². The van der Waals surface area contributed by atoms with E-state index >= 15 is 0 Å². The van der Waals surface area contributed by atoms with Crippen LogP contribution in [0.2, 0.25) is 0 Å². The summed E-state index contributed by atoms with van der Waals surface area (Å²) in [5.74, 6) is 0. The molecule has 0 radical (unpaired) electrons. The fraction of sp³-hybridized carbons (Fsp3) is 1.00. The summed E-state index contributed by atoms with van der Waals surface area (Å²) in [5.41, 5.74) is 0. The van der Waals surface area contributed by atoms with Crippen molar-refractivity contribution in [1.29, 1.82) is 0 Å². The summed E-state index contributed by atoms with van der Waals surface area (Å²) in [7, 11) is 2.31. The second-order valence-electron chi connectivity index (χ2n) is 5.66. The average Bonchev–Trinajstić information content (AvgIpc) is 2.40. The number of nitrogens with one attached hydrogen (secondary N) is 1. The fourth-order valence-electron chi connectivity index (χ4n) is 2.94. The van der Waals surface area contributed by atoms with Crippen LogP contribution < -0.4 is 5.32 Å². The Bertz CT molecular complexity index is 184. The van der Waals surface area contributed by atoms with Crippen LogP contribution in [0.5, 0.6) is 0 Å². The van der Waals surface area contributed by atoms with Gasteiger partial charge in [-0.15, -0.1) is 0 Å². The van der Waals surface area contributed by atoms with Gasteiger partial charge < -0.3 is 15.1 Å². The van der Waals surface area contributed by atoms with Gasteiger partial charge in [0.25, 0.3) is 0 Å². The van der Waals surface area contributed by atoms with Crippen molar-refractivity contribution >= 4 is 0 Å². The first-order valence-corrected chi connectivity index (χ1v) is 7.91. The lowest BCUT2D eigenvalue weighted by molar-refractivity contribution is 0.182. The van der Waals surface area contributed by atoms with E-state index in [1.165, 1.54) is 71.4 Å². The first-order chi connectivity index (χ1) is 8.77. The third-order valence-corrected chi connectivity index (χ3v) is 4.00. The van der Waals surface area contributed by atoms with Crippen LogP contribution in [-0.2, 0) is 0 Å². The van der Waals surface area contributed by atoms with E-state index < -0.39 is 0 Å². The van der Waals surface area contributed by atoms with Gasteiger partial charge in [0, 0.05) is 6.04 Å². The number of rotatable bonds is 9. The summed E-state index contributed by atoms with van der Waals surface area (Å²) in [4.78, 5) is 5.20. The molecule has 0 bridgehead atoms. The van der Waals surface area contributed by atoms with Crippen molar-refractivity contribution in [3.8, 4) is 0 Å². The highest BCUT2D eigenvalue weighted by atomic mass is 15.2. The summed E-state index contributed by atoms with van der Waals surface area (Å²) < 4.78 is 0. The SMILES string of the molecule is CCCN(CCC)CCCN(C)C1CCNCC1. The van der Waals surface area contributed by atoms with Crippen molar-refractivity contribution < 1.29 is 0 Å². The normalized spacial score (nSPS) is 17.8. The topological polar surface area (TPSA) is 18.5 Å². The standard InChI is InChI=1S/C15H33N3/c1-4-11-18(12-5-2)14-6-13-17(3)15-7-9-16-10-8-15/h15-16H,4-14H2,1-3H3. The van der Waals surface area contributed by atoms with Gasteiger partial charge in [0.2, 0.25) is 0 Å². The zero-order chi connectivity index (χ0) is 13.2. The highest BCUT2D eigenvalue weighted by Gasteiger charge is 2.17. The Morgan fingerprint density at radius 2 is 1.56 bits per heavy atom. The zero-order valence-corrected chi connectivity index (χ0v) is 12.7. The van der Waals surface area contributed by atoms with Crippen LogP contribution in [0.15, 0.2) is 0 Å². The number of hydrogen-bond donors (Lipinski definition) is 1. The van der Waals surface area contributed by atoms with Crippen molar-refractivity contribution in [3.05, 3.63) is 0 Å². The average molecular weight is 255 g/mol. The number of hydrogen-bond acceptors (Lipinski definition) is 3. The van der Waals surface area contributed by atoms with Gasteiger partial charge in [-0.25, -0.2) is 0 Å². The first-order valence-electron chi connectivity index (χ1n) is 7.91. The maximum Gasteiger partial charge on any atom is 0.0116 e. The molecule has 1 aliphatic rings. The van der Waals surface area contributed by atoms with Gasteiger partial charge in [-0.1, -0.05) is 13.8 Å². The quantitative estimate of drug-likeness (QED) is 0.681. The molecule has 0 aromatic heterocycles. The molecule has 3 heteroatoms. The van der Waals surface area contributed by atoms with E-state index in [1.54, 1.807) is 0 Å². The van der Waals surface area contributed by atoms with Crippen molar-refractivity contribution in [3.63, 3.8) is 0 Å². The molecular weight excluding hydrogens is 222 g/mol. The lowest BCUT2D eigenvalue weighted by Gasteiger charge is -2.32. The molecule has 0 aromatic rings. The largest absolute Gasteiger partial charge is 0.317 e. The second kappa shape index (κ2) is 9.76. The Morgan fingerprint density at radius 3 is 2.11 bits per heavy atom. The molecule has 0 spiro atoms. The van der Waals surface area contributed by atoms with Gasteiger partial charge in [0.1, 0.15) is 0 Å². The van der Waals surface area contributed by atoms with Crippen molar-refractivity contribution in [1.82, 2.24) is 15.1 Å². The molecular formula is C15H33N3. The molecule has 108 valence electrons. The van der Waals surface area contributed by atoms with E-state index in [-0.39, 0.29) is 0 Å². The minimum absolute atomic E-state index is 0.817. The van der Waals surface area contributed by atoms with Crippen LogP contribution in [-0.4, -0.2) is 62.2 Å². The van der Waals surface area contributed by atoms with Gasteiger partial charge in [-0.2, -0.15) is 0 Å². The minimum atomic E-state index is 0.817. The van der Waals surface area contributed by atoms with E-state index in [9.17, 15) is 0 Å². The predicted octanol–water partition coefficient (Wildman–Crippen LogP) is 2.18. The molecule has 18 heavy (non-hydrogen) atoms. The summed E-state index contributed by atoms with van der Waals surface area (Å²) in [6.45, 7) is 12.0. The monoisotopic (exact) mass is 255 g/mol. The molecule has 1 aliphatic heterocycles. The minimum Gasteiger partial charge on any atom is -0.317 e. The molecule has 0 amide bonds. The Labute approximate surface area is 114 Å². The summed E-state index contributed by atoms with van der Waals surface area (Å²) in [6.07, 6.45) is 6.53. The van der Waals surface area contributed by atoms with Crippen molar-refractivity contribution in [2.45, 2.75) is 52.0 Å². The molecule has 0 aromatic carbocycles. The molecule has 0 atom stereocenters. The Balaban J connectivity index is 2.14. The van der Waals surface area contributed by atoms with Crippen LogP contribution in [0.25, 0.3) is 0 Å². The first kappa shape index (κ1) is 15.9. The molecule has 1 rings (SSSR count). The summed E-state index contributed by atoms with van der Waals surface area (Å²) in [5, 5.41) is 3.44. The van der Waals surface area contributed by atoms with Crippen molar-refractivity contribution in [2.75, 3.05) is 46.3 Å². The summed E-state index contributed by atoms with van der Waals surface area (Å²) >= 11 is 0. The van der Waals surface area contributed by atoms with E-state index in [4.69, 9.17) is 0 Å². The second-order valence-corrected chi connectivity index (χ2v) is 5.66. The summed E-state index contributed by atoms with van der Waals surface area (Å²) in [6, 6.07) is 0.817. The molecule has 3 nitrogen and oxygen atoms in total. The molecule has 1 heterocycles. The van der Waals surface area contributed by atoms with E-state index in [1.807, 2.05) is 0 Å². The van der Waals surface area contributed by atoms with Gasteiger partial charge in [0.15, 0.2) is 0 Å². The van der Waals surface area contributed by atoms with Gasteiger partial charge >= 0.3 is 0 Å². The third-order valence-electron chi connectivity index (χ3n) is 4.00. The lowest BCUT2D eigenvalue weighted by Crippen LogP contribution is -2.42. The van der Waals surface area contributed by atoms with Crippen LogP contribution in [0.3, 0.4) is 0 Å². The number of piperidine rings is 1. The molecule has 0 saturated carbocycles. The molecule has 0 unspecified atom stereocenters. The zero-order valence-electron chi connectivity index (χ0n) is 12.7. The molecule has 1 saturated heterocycles. The highest BCUT2D eigenvalue weighted by molar-refractivity contribution is 4.75. The van der Waals surface area contributed by atoms with Gasteiger partial charge in [-0.3, -0.25) is 0 Å². The molecule has 1 N–H and O–H groups in total. The van der Waals surface area contributed by atoms with E-state index in [0.29, 0.717) is 0 Å².